The molecular weight excluding hydrogens is 388 g/mol. The lowest BCUT2D eigenvalue weighted by molar-refractivity contribution is 0.199. The maximum absolute atomic E-state index is 4.73. The molecule has 0 aromatic carbocycles. The summed E-state index contributed by atoms with van der Waals surface area (Å²) in [6.07, 6.45) is 4.07. The molecule has 1 aliphatic rings. The molecule has 5 rings (SSSR count). The van der Waals surface area contributed by atoms with Gasteiger partial charge in [0, 0.05) is 29.7 Å². The van der Waals surface area contributed by atoms with Gasteiger partial charge in [-0.25, -0.2) is 15.0 Å². The van der Waals surface area contributed by atoms with Crippen LogP contribution in [0.25, 0.3) is 22.4 Å². The van der Waals surface area contributed by atoms with E-state index >= 15 is 0 Å². The van der Waals surface area contributed by atoms with Crippen LogP contribution in [0.1, 0.15) is 47.2 Å². The highest BCUT2D eigenvalue weighted by atomic mass is 15.3. The second-order valence-corrected chi connectivity index (χ2v) is 8.61. The minimum absolute atomic E-state index is 0.495. The van der Waals surface area contributed by atoms with Crippen LogP contribution in [0.2, 0.25) is 0 Å². The summed E-state index contributed by atoms with van der Waals surface area (Å²) in [5.74, 6) is 1.35. The molecule has 8 heteroatoms. The van der Waals surface area contributed by atoms with Crippen molar-refractivity contribution >= 4 is 11.0 Å². The van der Waals surface area contributed by atoms with E-state index in [1.807, 2.05) is 37.8 Å². The highest BCUT2D eigenvalue weighted by molar-refractivity contribution is 5.77. The Bertz CT molecular complexity index is 1210. The van der Waals surface area contributed by atoms with E-state index in [4.69, 9.17) is 9.97 Å². The molecule has 4 aromatic rings. The van der Waals surface area contributed by atoms with Crippen LogP contribution < -0.4 is 0 Å². The summed E-state index contributed by atoms with van der Waals surface area (Å²) in [7, 11) is 1.96. The molecule has 1 fully saturated rings. The average Bonchev–Trinajstić information content (AvgIpc) is 3.34. The lowest BCUT2D eigenvalue weighted by Gasteiger charge is -2.30. The van der Waals surface area contributed by atoms with Crippen molar-refractivity contribution in [3.05, 3.63) is 52.9 Å². The van der Waals surface area contributed by atoms with E-state index in [2.05, 4.69) is 44.2 Å². The first kappa shape index (κ1) is 19.8. The molecule has 4 aromatic heterocycles. The van der Waals surface area contributed by atoms with Crippen molar-refractivity contribution in [1.82, 2.24) is 39.8 Å². The highest BCUT2D eigenvalue weighted by Gasteiger charge is 2.24. The molecule has 0 radical (unpaired) electrons. The molecule has 1 saturated heterocycles. The van der Waals surface area contributed by atoms with Crippen molar-refractivity contribution in [3.63, 3.8) is 0 Å². The number of rotatable bonds is 4. The fraction of sp³-hybridized carbons (Fsp3) is 0.435. The predicted octanol–water partition coefficient (Wildman–Crippen LogP) is 3.45. The maximum atomic E-state index is 4.73. The van der Waals surface area contributed by atoms with Crippen LogP contribution in [0.4, 0.5) is 0 Å². The van der Waals surface area contributed by atoms with Gasteiger partial charge in [-0.3, -0.25) is 14.7 Å². The van der Waals surface area contributed by atoms with Gasteiger partial charge in [0.05, 0.1) is 24.1 Å². The van der Waals surface area contributed by atoms with Gasteiger partial charge in [-0.15, -0.1) is 0 Å². The number of pyridine rings is 1. The van der Waals surface area contributed by atoms with Gasteiger partial charge in [-0.05, 0) is 70.5 Å². The van der Waals surface area contributed by atoms with Crippen molar-refractivity contribution in [1.29, 1.82) is 0 Å². The molecule has 1 aliphatic heterocycles. The SMILES string of the molecule is Cc1ccc2c(C)nc(CN3CCC(c4cc(-c5c(C)cnn5C)n[nH]4)CC3)nc2n1. The van der Waals surface area contributed by atoms with Crippen molar-refractivity contribution in [2.24, 2.45) is 7.05 Å². The fourth-order valence-corrected chi connectivity index (χ4v) is 4.57. The number of aryl methyl sites for hydroxylation is 4. The van der Waals surface area contributed by atoms with Crippen molar-refractivity contribution in [2.45, 2.75) is 46.1 Å². The number of hydrogen-bond acceptors (Lipinski definition) is 6. The number of hydrogen-bond donors (Lipinski definition) is 1. The molecule has 160 valence electrons. The minimum atomic E-state index is 0.495. The molecule has 31 heavy (non-hydrogen) atoms. The molecule has 1 N–H and O–H groups in total. The Hall–Kier alpha value is -3.13. The largest absolute Gasteiger partial charge is 0.296 e. The van der Waals surface area contributed by atoms with Gasteiger partial charge in [-0.1, -0.05) is 0 Å². The number of fused-ring (bicyclic) bond motifs is 1. The molecule has 5 heterocycles. The predicted molar refractivity (Wildman–Crippen MR) is 120 cm³/mol. The number of nitrogens with one attached hydrogen (secondary N) is 1. The summed E-state index contributed by atoms with van der Waals surface area (Å²) >= 11 is 0. The lowest BCUT2D eigenvalue weighted by atomic mass is 9.93. The summed E-state index contributed by atoms with van der Waals surface area (Å²) in [6, 6.07) is 6.27. The molecular formula is C23H28N8. The van der Waals surface area contributed by atoms with E-state index < -0.39 is 0 Å². The van der Waals surface area contributed by atoms with Gasteiger partial charge in [0.1, 0.15) is 11.5 Å². The zero-order valence-electron chi connectivity index (χ0n) is 18.6. The normalized spacial score (nSPS) is 15.7. The van der Waals surface area contributed by atoms with Crippen LogP contribution in [0.15, 0.2) is 24.4 Å². The summed E-state index contributed by atoms with van der Waals surface area (Å²) in [5.41, 5.74) is 7.19. The number of likely N-dealkylation sites (tertiary alicyclic amines) is 1. The Labute approximate surface area is 181 Å². The van der Waals surface area contributed by atoms with E-state index in [-0.39, 0.29) is 0 Å². The summed E-state index contributed by atoms with van der Waals surface area (Å²) in [5, 5.41) is 13.2. The topological polar surface area (TPSA) is 88.4 Å². The standard InChI is InChI=1S/C23H28N8/c1-14-12-24-30(4)22(14)20-11-19(28-29-20)17-7-9-31(10-8-17)13-21-26-16(3)18-6-5-15(2)25-23(18)27-21/h5-6,11-12,17H,7-10,13H2,1-4H3,(H,28,29). The van der Waals surface area contributed by atoms with Crippen LogP contribution in [0.5, 0.6) is 0 Å². The number of piperidine rings is 1. The average molecular weight is 417 g/mol. The third-order valence-corrected chi connectivity index (χ3v) is 6.29. The lowest BCUT2D eigenvalue weighted by Crippen LogP contribution is -2.33. The van der Waals surface area contributed by atoms with Crippen LogP contribution in [0, 0.1) is 20.8 Å². The number of nitrogens with zero attached hydrogens (tertiary/aromatic N) is 7. The molecule has 8 nitrogen and oxygen atoms in total. The quantitative estimate of drug-likeness (QED) is 0.548. The van der Waals surface area contributed by atoms with E-state index in [1.54, 1.807) is 0 Å². The smallest absolute Gasteiger partial charge is 0.163 e. The molecule has 0 bridgehead atoms. The number of aromatic amines is 1. The Balaban J connectivity index is 1.26. The Morgan fingerprint density at radius 2 is 1.87 bits per heavy atom. The maximum Gasteiger partial charge on any atom is 0.163 e. The number of aromatic nitrogens is 7. The van der Waals surface area contributed by atoms with Gasteiger partial charge in [-0.2, -0.15) is 10.2 Å². The van der Waals surface area contributed by atoms with Gasteiger partial charge in [0.25, 0.3) is 0 Å². The van der Waals surface area contributed by atoms with Crippen molar-refractivity contribution in [2.75, 3.05) is 13.1 Å². The summed E-state index contributed by atoms with van der Waals surface area (Å²) < 4.78 is 1.89. The van der Waals surface area contributed by atoms with E-state index in [9.17, 15) is 0 Å². The van der Waals surface area contributed by atoms with Gasteiger partial charge in [0.15, 0.2) is 5.65 Å². The van der Waals surface area contributed by atoms with Crippen molar-refractivity contribution < 1.29 is 0 Å². The first-order valence-electron chi connectivity index (χ1n) is 10.9. The summed E-state index contributed by atoms with van der Waals surface area (Å²) in [6.45, 7) is 8.91. The van der Waals surface area contributed by atoms with E-state index in [0.717, 1.165) is 77.7 Å². The molecule has 0 aliphatic carbocycles. The van der Waals surface area contributed by atoms with E-state index in [0.29, 0.717) is 5.92 Å². The highest BCUT2D eigenvalue weighted by Crippen LogP contribution is 2.30. The number of H-pyrrole nitrogens is 1. The molecule has 0 amide bonds. The third kappa shape index (κ3) is 3.83. The second kappa shape index (κ2) is 7.85. The van der Waals surface area contributed by atoms with Crippen molar-refractivity contribution in [3.8, 4) is 11.4 Å². The van der Waals surface area contributed by atoms with Gasteiger partial charge >= 0.3 is 0 Å². The molecule has 0 unspecified atom stereocenters. The van der Waals surface area contributed by atoms with Crippen LogP contribution in [0.3, 0.4) is 0 Å². The zero-order valence-corrected chi connectivity index (χ0v) is 18.6. The molecule has 0 saturated carbocycles. The van der Waals surface area contributed by atoms with Gasteiger partial charge < -0.3 is 0 Å². The zero-order chi connectivity index (χ0) is 21.5. The second-order valence-electron chi connectivity index (χ2n) is 8.61. The van der Waals surface area contributed by atoms with Crippen LogP contribution in [-0.2, 0) is 13.6 Å². The first-order chi connectivity index (χ1) is 15.0. The van der Waals surface area contributed by atoms with Crippen LogP contribution in [-0.4, -0.2) is 52.9 Å². The Kier molecular flexibility index (Phi) is 5.02. The van der Waals surface area contributed by atoms with E-state index in [1.165, 1.54) is 5.69 Å². The van der Waals surface area contributed by atoms with Gasteiger partial charge in [0.2, 0.25) is 0 Å². The first-order valence-corrected chi connectivity index (χ1v) is 10.9. The molecule has 0 atom stereocenters. The molecule has 0 spiro atoms. The third-order valence-electron chi connectivity index (χ3n) is 6.29. The fourth-order valence-electron chi connectivity index (χ4n) is 4.57. The Morgan fingerprint density at radius 3 is 2.61 bits per heavy atom. The summed E-state index contributed by atoms with van der Waals surface area (Å²) in [4.78, 5) is 16.5. The monoisotopic (exact) mass is 416 g/mol. The Morgan fingerprint density at radius 1 is 1.06 bits per heavy atom. The minimum Gasteiger partial charge on any atom is -0.296 e. The van der Waals surface area contributed by atoms with Crippen LogP contribution >= 0.6 is 0 Å².